The Kier molecular flexibility index (Phi) is 4.06. The van der Waals surface area contributed by atoms with Crippen molar-refractivity contribution in [1.29, 1.82) is 0 Å². The molecule has 0 saturated carbocycles. The van der Waals surface area contributed by atoms with Crippen molar-refractivity contribution in [3.8, 4) is 5.75 Å². The van der Waals surface area contributed by atoms with Crippen LogP contribution in [0.5, 0.6) is 5.75 Å². The molecule has 18 heavy (non-hydrogen) atoms. The second kappa shape index (κ2) is 5.16. The van der Waals surface area contributed by atoms with E-state index in [1.165, 1.54) is 13.2 Å². The van der Waals surface area contributed by atoms with Crippen LogP contribution < -0.4 is 4.74 Å². The Morgan fingerprint density at radius 2 is 2.06 bits per heavy atom. The first kappa shape index (κ1) is 14.2. The second-order valence-corrected chi connectivity index (χ2v) is 4.73. The van der Waals surface area contributed by atoms with E-state index in [4.69, 9.17) is 4.74 Å². The van der Waals surface area contributed by atoms with Crippen molar-refractivity contribution < 1.29 is 14.5 Å². The van der Waals surface area contributed by atoms with Gasteiger partial charge in [-0.25, -0.2) is 0 Å². The Labute approximate surface area is 106 Å². The van der Waals surface area contributed by atoms with Crippen molar-refractivity contribution in [3.63, 3.8) is 0 Å². The topological polar surface area (TPSA) is 69.4 Å². The van der Waals surface area contributed by atoms with Crippen LogP contribution in [0.4, 0.5) is 5.69 Å². The number of carbonyl (C=O) groups excluding carboxylic acids is 1. The minimum atomic E-state index is -0.527. The normalized spacial score (nSPS) is 11.1. The van der Waals surface area contributed by atoms with Crippen molar-refractivity contribution in [2.24, 2.45) is 0 Å². The number of aldehydes is 1. The molecule has 0 aliphatic rings. The third-order valence-corrected chi connectivity index (χ3v) is 3.29. The molecule has 0 unspecified atom stereocenters. The summed E-state index contributed by atoms with van der Waals surface area (Å²) in [6, 6.07) is 3.14. The molecule has 1 aromatic carbocycles. The average molecular weight is 251 g/mol. The van der Waals surface area contributed by atoms with Gasteiger partial charge in [-0.3, -0.25) is 14.9 Å². The summed E-state index contributed by atoms with van der Waals surface area (Å²) >= 11 is 0. The van der Waals surface area contributed by atoms with Crippen molar-refractivity contribution in [3.05, 3.63) is 33.4 Å². The van der Waals surface area contributed by atoms with Gasteiger partial charge in [-0.1, -0.05) is 20.8 Å². The van der Waals surface area contributed by atoms with E-state index in [9.17, 15) is 14.9 Å². The van der Waals surface area contributed by atoms with Crippen LogP contribution in [0, 0.1) is 10.1 Å². The number of benzene rings is 1. The van der Waals surface area contributed by atoms with Gasteiger partial charge in [0.1, 0.15) is 0 Å². The highest BCUT2D eigenvalue weighted by atomic mass is 16.6. The highest BCUT2D eigenvalue weighted by molar-refractivity contribution is 5.83. The smallest absolute Gasteiger partial charge is 0.311 e. The third-order valence-electron chi connectivity index (χ3n) is 3.29. The van der Waals surface area contributed by atoms with Gasteiger partial charge in [-0.2, -0.15) is 0 Å². The predicted molar refractivity (Wildman–Crippen MR) is 68.4 cm³/mol. The maximum absolute atomic E-state index is 11.0. The zero-order valence-corrected chi connectivity index (χ0v) is 11.0. The summed E-state index contributed by atoms with van der Waals surface area (Å²) in [5, 5.41) is 11.0. The molecule has 0 bridgehead atoms. The molecule has 5 heteroatoms. The summed E-state index contributed by atoms with van der Waals surface area (Å²) in [6.07, 6.45) is 1.40. The summed E-state index contributed by atoms with van der Waals surface area (Å²) in [4.78, 5) is 21.5. The van der Waals surface area contributed by atoms with Crippen LogP contribution in [0.3, 0.4) is 0 Å². The fraction of sp³-hybridized carbons (Fsp3) is 0.462. The van der Waals surface area contributed by atoms with Gasteiger partial charge >= 0.3 is 5.69 Å². The molecule has 0 heterocycles. The Balaban J connectivity index is 3.55. The van der Waals surface area contributed by atoms with Crippen LogP contribution in [0.25, 0.3) is 0 Å². The van der Waals surface area contributed by atoms with Gasteiger partial charge in [0.05, 0.1) is 17.6 Å². The van der Waals surface area contributed by atoms with Crippen LogP contribution in [0.2, 0.25) is 0 Å². The summed E-state index contributed by atoms with van der Waals surface area (Å²) < 4.78 is 4.96. The van der Waals surface area contributed by atoms with E-state index in [1.54, 1.807) is 6.07 Å². The molecule has 0 radical (unpaired) electrons. The maximum Gasteiger partial charge on any atom is 0.311 e. The summed E-state index contributed by atoms with van der Waals surface area (Å²) in [5.41, 5.74) is 0.580. The lowest BCUT2D eigenvalue weighted by molar-refractivity contribution is -0.385. The molecular formula is C13H17NO4. The number of nitro benzene ring substituents is 1. The van der Waals surface area contributed by atoms with E-state index in [-0.39, 0.29) is 22.4 Å². The van der Waals surface area contributed by atoms with E-state index in [0.717, 1.165) is 12.0 Å². The molecule has 0 saturated heterocycles. The zero-order valence-electron chi connectivity index (χ0n) is 11.0. The van der Waals surface area contributed by atoms with Gasteiger partial charge in [0.25, 0.3) is 0 Å². The molecule has 5 nitrogen and oxygen atoms in total. The average Bonchev–Trinajstić information content (AvgIpc) is 2.36. The molecule has 0 fully saturated rings. The number of nitrogens with zero attached hydrogens (tertiary/aromatic N) is 1. The summed E-state index contributed by atoms with van der Waals surface area (Å²) in [6.45, 7) is 5.96. The fourth-order valence-electron chi connectivity index (χ4n) is 1.68. The van der Waals surface area contributed by atoms with Gasteiger partial charge in [-0.05, 0) is 23.5 Å². The molecule has 0 N–H and O–H groups in total. The molecule has 1 aromatic rings. The number of ether oxygens (including phenoxy) is 1. The van der Waals surface area contributed by atoms with Crippen molar-refractivity contribution in [2.45, 2.75) is 32.6 Å². The van der Waals surface area contributed by atoms with Gasteiger partial charge in [0, 0.05) is 6.07 Å². The minimum Gasteiger partial charge on any atom is -0.490 e. The lowest BCUT2D eigenvalue weighted by atomic mass is 9.81. The number of methoxy groups -OCH3 is 1. The first-order chi connectivity index (χ1) is 8.37. The lowest BCUT2D eigenvalue weighted by Gasteiger charge is -2.23. The molecule has 0 spiro atoms. The fourth-order valence-corrected chi connectivity index (χ4v) is 1.68. The molecule has 0 aromatic heterocycles. The predicted octanol–water partition coefficient (Wildman–Crippen LogP) is 3.10. The van der Waals surface area contributed by atoms with Crippen LogP contribution in [0.1, 0.15) is 43.1 Å². The van der Waals surface area contributed by atoms with Crippen molar-refractivity contribution in [2.75, 3.05) is 7.11 Å². The number of hydrogen-bond acceptors (Lipinski definition) is 4. The number of carbonyl (C=O) groups is 1. The van der Waals surface area contributed by atoms with Crippen LogP contribution in [-0.4, -0.2) is 18.3 Å². The molecular weight excluding hydrogens is 234 g/mol. The summed E-state index contributed by atoms with van der Waals surface area (Å²) in [5.74, 6) is 0.0191. The first-order valence-corrected chi connectivity index (χ1v) is 5.69. The molecule has 0 atom stereocenters. The standard InChI is InChI=1S/C13H17NO4/c1-5-13(2,3)10-6-9(8-15)12(18-4)11(7-10)14(16)17/h6-8H,5H2,1-4H3. The largest absolute Gasteiger partial charge is 0.490 e. The Hall–Kier alpha value is -1.91. The molecule has 98 valence electrons. The molecule has 0 amide bonds. The van der Waals surface area contributed by atoms with E-state index in [0.29, 0.717) is 6.29 Å². The maximum atomic E-state index is 11.0. The highest BCUT2D eigenvalue weighted by Gasteiger charge is 2.26. The monoisotopic (exact) mass is 251 g/mol. The quantitative estimate of drug-likeness (QED) is 0.458. The van der Waals surface area contributed by atoms with E-state index in [2.05, 4.69) is 0 Å². The number of hydrogen-bond donors (Lipinski definition) is 0. The third kappa shape index (κ3) is 2.50. The molecule has 0 aliphatic heterocycles. The van der Waals surface area contributed by atoms with Crippen LogP contribution >= 0.6 is 0 Å². The second-order valence-electron chi connectivity index (χ2n) is 4.73. The SMILES string of the molecule is CCC(C)(C)c1cc(C=O)c(OC)c([N+](=O)[O-])c1. The Morgan fingerprint density at radius 3 is 2.44 bits per heavy atom. The van der Waals surface area contributed by atoms with E-state index >= 15 is 0 Å². The van der Waals surface area contributed by atoms with Crippen LogP contribution in [0.15, 0.2) is 12.1 Å². The Morgan fingerprint density at radius 1 is 1.44 bits per heavy atom. The Bertz CT molecular complexity index is 480. The zero-order chi connectivity index (χ0) is 13.9. The number of nitro groups is 1. The number of rotatable bonds is 5. The highest BCUT2D eigenvalue weighted by Crippen LogP contribution is 2.37. The van der Waals surface area contributed by atoms with Gasteiger partial charge in [-0.15, -0.1) is 0 Å². The molecule has 1 rings (SSSR count). The van der Waals surface area contributed by atoms with Gasteiger partial charge < -0.3 is 4.74 Å². The molecule has 0 aliphatic carbocycles. The van der Waals surface area contributed by atoms with Crippen molar-refractivity contribution in [1.82, 2.24) is 0 Å². The summed E-state index contributed by atoms with van der Waals surface area (Å²) in [7, 11) is 1.32. The van der Waals surface area contributed by atoms with Gasteiger partial charge in [0.15, 0.2) is 6.29 Å². The van der Waals surface area contributed by atoms with Crippen LogP contribution in [-0.2, 0) is 5.41 Å². The van der Waals surface area contributed by atoms with Gasteiger partial charge in [0.2, 0.25) is 5.75 Å². The van der Waals surface area contributed by atoms with E-state index in [1.807, 2.05) is 20.8 Å². The first-order valence-electron chi connectivity index (χ1n) is 5.69. The minimum absolute atomic E-state index is 0.0191. The van der Waals surface area contributed by atoms with E-state index < -0.39 is 4.92 Å². The van der Waals surface area contributed by atoms with Crippen molar-refractivity contribution >= 4 is 12.0 Å². The lowest BCUT2D eigenvalue weighted by Crippen LogP contribution is -2.16.